The molecule has 0 saturated carbocycles. The minimum atomic E-state index is 0.774. The number of rotatable bonds is 9. The lowest BCUT2D eigenvalue weighted by Crippen LogP contribution is -2.25. The molecule has 1 unspecified atom stereocenters. The standard InChI is InChI=1S/C14H31N/c1-6-14(7-2)9-8-13(5)11-15-10-12(3)4/h12-15H,6-11H2,1-5H3. The van der Waals surface area contributed by atoms with Crippen molar-refractivity contribution in [3.8, 4) is 0 Å². The van der Waals surface area contributed by atoms with Gasteiger partial charge in [0, 0.05) is 0 Å². The molecule has 0 heterocycles. The van der Waals surface area contributed by atoms with E-state index in [0.717, 1.165) is 24.3 Å². The van der Waals surface area contributed by atoms with E-state index in [1.165, 1.54) is 32.2 Å². The number of nitrogens with one attached hydrogen (secondary N) is 1. The van der Waals surface area contributed by atoms with Crippen LogP contribution in [-0.4, -0.2) is 13.1 Å². The van der Waals surface area contributed by atoms with Crippen molar-refractivity contribution in [1.29, 1.82) is 0 Å². The van der Waals surface area contributed by atoms with Crippen LogP contribution in [0.1, 0.15) is 60.3 Å². The highest BCUT2D eigenvalue weighted by atomic mass is 14.9. The second-order valence-electron chi connectivity index (χ2n) is 5.42. The second kappa shape index (κ2) is 9.21. The van der Waals surface area contributed by atoms with Crippen molar-refractivity contribution in [3.05, 3.63) is 0 Å². The third kappa shape index (κ3) is 8.92. The Morgan fingerprint density at radius 2 is 1.47 bits per heavy atom. The zero-order valence-electron chi connectivity index (χ0n) is 11.5. The van der Waals surface area contributed by atoms with Gasteiger partial charge in [0.1, 0.15) is 0 Å². The Labute approximate surface area is 97.0 Å². The molecule has 0 fully saturated rings. The van der Waals surface area contributed by atoms with Crippen molar-refractivity contribution in [2.75, 3.05) is 13.1 Å². The lowest BCUT2D eigenvalue weighted by molar-refractivity contribution is 0.375. The monoisotopic (exact) mass is 213 g/mol. The number of hydrogen-bond donors (Lipinski definition) is 1. The summed E-state index contributed by atoms with van der Waals surface area (Å²) in [5, 5.41) is 3.54. The van der Waals surface area contributed by atoms with E-state index >= 15 is 0 Å². The van der Waals surface area contributed by atoms with E-state index in [-0.39, 0.29) is 0 Å². The van der Waals surface area contributed by atoms with E-state index < -0.39 is 0 Å². The highest BCUT2D eigenvalue weighted by molar-refractivity contribution is 4.62. The van der Waals surface area contributed by atoms with Crippen LogP contribution < -0.4 is 5.32 Å². The molecule has 0 aromatic carbocycles. The molecule has 0 bridgehead atoms. The summed E-state index contributed by atoms with van der Waals surface area (Å²) < 4.78 is 0. The molecule has 0 aliphatic rings. The molecule has 0 aliphatic carbocycles. The minimum Gasteiger partial charge on any atom is -0.316 e. The van der Waals surface area contributed by atoms with Crippen LogP contribution in [0.5, 0.6) is 0 Å². The predicted molar refractivity (Wildman–Crippen MR) is 70.2 cm³/mol. The Balaban J connectivity index is 3.43. The van der Waals surface area contributed by atoms with Gasteiger partial charge in [-0.1, -0.05) is 53.9 Å². The summed E-state index contributed by atoms with van der Waals surface area (Å²) in [6, 6.07) is 0. The summed E-state index contributed by atoms with van der Waals surface area (Å²) in [5.41, 5.74) is 0. The average Bonchev–Trinajstić information content (AvgIpc) is 2.18. The summed E-state index contributed by atoms with van der Waals surface area (Å²) in [6.07, 6.45) is 5.50. The van der Waals surface area contributed by atoms with E-state index in [2.05, 4.69) is 39.9 Å². The highest BCUT2D eigenvalue weighted by Crippen LogP contribution is 2.18. The molecule has 1 N–H and O–H groups in total. The van der Waals surface area contributed by atoms with Crippen LogP contribution >= 0.6 is 0 Å². The van der Waals surface area contributed by atoms with Crippen molar-refractivity contribution in [2.45, 2.75) is 60.3 Å². The Bertz CT molecular complexity index is 127. The molecule has 92 valence electrons. The van der Waals surface area contributed by atoms with Gasteiger partial charge in [-0.2, -0.15) is 0 Å². The summed E-state index contributed by atoms with van der Waals surface area (Å²) in [4.78, 5) is 0. The van der Waals surface area contributed by atoms with Gasteiger partial charge < -0.3 is 5.32 Å². The van der Waals surface area contributed by atoms with Crippen LogP contribution in [0, 0.1) is 17.8 Å². The Morgan fingerprint density at radius 3 is 1.93 bits per heavy atom. The predicted octanol–water partition coefficient (Wildman–Crippen LogP) is 4.08. The first-order valence-corrected chi connectivity index (χ1v) is 6.80. The van der Waals surface area contributed by atoms with Gasteiger partial charge >= 0.3 is 0 Å². The summed E-state index contributed by atoms with van der Waals surface area (Å²) in [5.74, 6) is 2.57. The molecule has 1 atom stereocenters. The molecule has 15 heavy (non-hydrogen) atoms. The van der Waals surface area contributed by atoms with E-state index in [9.17, 15) is 0 Å². The van der Waals surface area contributed by atoms with Crippen molar-refractivity contribution >= 4 is 0 Å². The lowest BCUT2D eigenvalue weighted by Gasteiger charge is -2.17. The first-order valence-electron chi connectivity index (χ1n) is 6.80. The Morgan fingerprint density at radius 1 is 0.867 bits per heavy atom. The van der Waals surface area contributed by atoms with Crippen LogP contribution in [-0.2, 0) is 0 Å². The summed E-state index contributed by atoms with van der Waals surface area (Å²) in [7, 11) is 0. The summed E-state index contributed by atoms with van der Waals surface area (Å²) >= 11 is 0. The molecule has 1 heteroatoms. The third-order valence-corrected chi connectivity index (χ3v) is 3.27. The van der Waals surface area contributed by atoms with E-state index in [1.54, 1.807) is 0 Å². The molecule has 0 radical (unpaired) electrons. The normalized spacial score (nSPS) is 13.8. The van der Waals surface area contributed by atoms with Crippen molar-refractivity contribution in [2.24, 2.45) is 17.8 Å². The molecule has 0 aromatic rings. The molecule has 0 spiro atoms. The van der Waals surface area contributed by atoms with Crippen LogP contribution in [0.4, 0.5) is 0 Å². The first-order chi connectivity index (χ1) is 7.10. The molecule has 0 aliphatic heterocycles. The fourth-order valence-electron chi connectivity index (χ4n) is 1.94. The molecule has 1 nitrogen and oxygen atoms in total. The maximum absolute atomic E-state index is 3.54. The maximum Gasteiger partial charge on any atom is -0.00230 e. The van der Waals surface area contributed by atoms with Gasteiger partial charge in [0.05, 0.1) is 0 Å². The fourth-order valence-corrected chi connectivity index (χ4v) is 1.94. The van der Waals surface area contributed by atoms with Crippen LogP contribution in [0.25, 0.3) is 0 Å². The smallest absolute Gasteiger partial charge is 0.00230 e. The molecular formula is C14H31N. The van der Waals surface area contributed by atoms with Gasteiger partial charge in [0.15, 0.2) is 0 Å². The minimum absolute atomic E-state index is 0.774. The SMILES string of the molecule is CCC(CC)CCC(C)CNCC(C)C. The van der Waals surface area contributed by atoms with Gasteiger partial charge in [0.25, 0.3) is 0 Å². The number of hydrogen-bond acceptors (Lipinski definition) is 1. The Hall–Kier alpha value is -0.0400. The van der Waals surface area contributed by atoms with Gasteiger partial charge in [0.2, 0.25) is 0 Å². The van der Waals surface area contributed by atoms with Crippen molar-refractivity contribution in [3.63, 3.8) is 0 Å². The van der Waals surface area contributed by atoms with Gasteiger partial charge in [-0.05, 0) is 37.3 Å². The van der Waals surface area contributed by atoms with Crippen LogP contribution in [0.15, 0.2) is 0 Å². The highest BCUT2D eigenvalue weighted by Gasteiger charge is 2.07. The van der Waals surface area contributed by atoms with E-state index in [1.807, 2.05) is 0 Å². The fraction of sp³-hybridized carbons (Fsp3) is 1.00. The third-order valence-electron chi connectivity index (χ3n) is 3.27. The zero-order valence-corrected chi connectivity index (χ0v) is 11.5. The maximum atomic E-state index is 3.54. The van der Waals surface area contributed by atoms with Gasteiger partial charge in [-0.25, -0.2) is 0 Å². The zero-order chi connectivity index (χ0) is 11.7. The van der Waals surface area contributed by atoms with Gasteiger partial charge in [-0.15, -0.1) is 0 Å². The van der Waals surface area contributed by atoms with Crippen molar-refractivity contribution in [1.82, 2.24) is 5.32 Å². The second-order valence-corrected chi connectivity index (χ2v) is 5.42. The molecule has 0 saturated heterocycles. The largest absolute Gasteiger partial charge is 0.316 e. The van der Waals surface area contributed by atoms with Crippen LogP contribution in [0.2, 0.25) is 0 Å². The van der Waals surface area contributed by atoms with E-state index in [4.69, 9.17) is 0 Å². The Kier molecular flexibility index (Phi) is 9.18. The molecule has 0 rings (SSSR count). The lowest BCUT2D eigenvalue weighted by atomic mass is 9.93. The summed E-state index contributed by atoms with van der Waals surface area (Å²) in [6.45, 7) is 13.9. The topological polar surface area (TPSA) is 12.0 Å². The van der Waals surface area contributed by atoms with Crippen molar-refractivity contribution < 1.29 is 0 Å². The molecule has 0 aromatic heterocycles. The average molecular weight is 213 g/mol. The molecule has 0 amide bonds. The first kappa shape index (κ1) is 15.0. The van der Waals surface area contributed by atoms with Gasteiger partial charge in [-0.3, -0.25) is 0 Å². The molecular weight excluding hydrogens is 182 g/mol. The van der Waals surface area contributed by atoms with E-state index in [0.29, 0.717) is 0 Å². The van der Waals surface area contributed by atoms with Crippen LogP contribution in [0.3, 0.4) is 0 Å². The quantitative estimate of drug-likeness (QED) is 0.608.